The lowest BCUT2D eigenvalue weighted by atomic mass is 9.80. The number of nitrogens with one attached hydrogen (secondary N) is 2. The molecule has 0 aromatic heterocycles. The zero-order chi connectivity index (χ0) is 32.5. The number of benzene rings is 2. The molecule has 2 aromatic carbocycles. The van der Waals surface area contributed by atoms with Crippen molar-refractivity contribution < 1.29 is 41.9 Å². The molecular formula is C31H35F3N6O5. The van der Waals surface area contributed by atoms with Gasteiger partial charge in [-0.3, -0.25) is 15.1 Å². The number of carboxylic acid groups (broad SMARTS) is 1. The van der Waals surface area contributed by atoms with Crippen molar-refractivity contribution in [1.82, 2.24) is 15.8 Å². The van der Waals surface area contributed by atoms with Crippen LogP contribution in [0, 0.1) is 23.2 Å². The predicted octanol–water partition coefficient (Wildman–Crippen LogP) is 2.63. The molecule has 2 amide bonds. The van der Waals surface area contributed by atoms with E-state index in [2.05, 4.69) is 16.9 Å². The molecule has 0 saturated carbocycles. The molecule has 2 bridgehead atoms. The summed E-state index contributed by atoms with van der Waals surface area (Å²) in [7, 11) is 1.27. The number of hydrazine groups is 1. The molecule has 45 heavy (non-hydrogen) atoms. The van der Waals surface area contributed by atoms with Crippen molar-refractivity contribution in [3.8, 4) is 6.07 Å². The fourth-order valence-electron chi connectivity index (χ4n) is 7.55. The number of amides is 2. The highest BCUT2D eigenvalue weighted by Gasteiger charge is 2.55. The van der Waals surface area contributed by atoms with Gasteiger partial charge >= 0.3 is 18.2 Å². The van der Waals surface area contributed by atoms with Gasteiger partial charge in [-0.1, -0.05) is 12.1 Å². The van der Waals surface area contributed by atoms with E-state index in [1.54, 1.807) is 17.9 Å². The van der Waals surface area contributed by atoms with Crippen molar-refractivity contribution in [2.24, 2.45) is 11.8 Å². The highest BCUT2D eigenvalue weighted by atomic mass is 19.4. The highest BCUT2D eigenvalue weighted by Crippen LogP contribution is 2.46. The van der Waals surface area contributed by atoms with Gasteiger partial charge in [0.05, 0.1) is 50.0 Å². The third-order valence-corrected chi connectivity index (χ3v) is 9.74. The first-order valence-electron chi connectivity index (χ1n) is 14.8. The number of hydrogen-bond acceptors (Lipinski definition) is 8. The molecule has 5 saturated heterocycles. The van der Waals surface area contributed by atoms with E-state index in [0.29, 0.717) is 12.1 Å². The molecule has 14 heteroatoms. The van der Waals surface area contributed by atoms with E-state index in [1.807, 2.05) is 12.1 Å². The molecule has 0 aliphatic carbocycles. The van der Waals surface area contributed by atoms with Crippen LogP contribution in [0.3, 0.4) is 0 Å². The van der Waals surface area contributed by atoms with Crippen LogP contribution < -0.4 is 20.9 Å². The van der Waals surface area contributed by atoms with Crippen LogP contribution in [-0.4, -0.2) is 66.9 Å². The van der Waals surface area contributed by atoms with E-state index in [0.717, 1.165) is 72.6 Å². The van der Waals surface area contributed by atoms with Gasteiger partial charge in [-0.15, -0.1) is 0 Å². The minimum absolute atomic E-state index is 0.207. The summed E-state index contributed by atoms with van der Waals surface area (Å²) in [6, 6.07) is 10.5. The molecule has 2 N–H and O–H groups in total. The van der Waals surface area contributed by atoms with Crippen LogP contribution in [-0.2, 0) is 27.0 Å². The van der Waals surface area contributed by atoms with E-state index >= 15 is 0 Å². The summed E-state index contributed by atoms with van der Waals surface area (Å²) >= 11 is 0. The van der Waals surface area contributed by atoms with E-state index < -0.39 is 54.5 Å². The molecular weight excluding hydrogens is 593 g/mol. The Balaban J connectivity index is 0.00000128. The van der Waals surface area contributed by atoms with E-state index in [4.69, 9.17) is 14.6 Å². The zero-order valence-electron chi connectivity index (χ0n) is 24.9. The van der Waals surface area contributed by atoms with Crippen molar-refractivity contribution in [2.75, 3.05) is 31.6 Å². The second-order valence-corrected chi connectivity index (χ2v) is 12.1. The minimum atomic E-state index is -4.57. The lowest BCUT2D eigenvalue weighted by Gasteiger charge is -2.52. The summed E-state index contributed by atoms with van der Waals surface area (Å²) in [6.07, 6.45) is -1.98. The molecule has 2 aromatic rings. The molecule has 240 valence electrons. The van der Waals surface area contributed by atoms with Gasteiger partial charge in [0.15, 0.2) is 6.29 Å². The maximum Gasteiger partial charge on any atom is 0.416 e. The normalized spacial score (nSPS) is 28.7. The number of fused-ring (bicyclic) bond motifs is 4. The Labute approximate surface area is 258 Å². The Kier molecular flexibility index (Phi) is 8.95. The number of ether oxygens (including phenoxy) is 1. The van der Waals surface area contributed by atoms with Crippen LogP contribution >= 0.6 is 0 Å². The standard InChI is InChI=1S/C30H33F3N6O3.CH2O2/c1-18-25(27(40)42-2)26(24-7-6-20(16-34)14-21(24)17-39-11-8-19(9-12-39)10-13-39)38-28(35-36-29(38)41)37(18)23-5-3-4-22(15-23)30(31,32)33;2-1-3/h3-7,14-15,18-19,25-26,28,35H,8-13,17H2,1-2H3;1H,(H,2,3)/t18?,19?,25?,26-,28?,39?;/m0./s1. The average molecular weight is 629 g/mol. The van der Waals surface area contributed by atoms with Crippen LogP contribution in [0.15, 0.2) is 42.5 Å². The predicted molar refractivity (Wildman–Crippen MR) is 152 cm³/mol. The Morgan fingerprint density at radius 3 is 2.42 bits per heavy atom. The number of esters is 1. The van der Waals surface area contributed by atoms with Gasteiger partial charge in [0, 0.05) is 23.8 Å². The number of alkyl halides is 3. The lowest BCUT2D eigenvalue weighted by molar-refractivity contribution is -0.955. The molecule has 4 atom stereocenters. The van der Waals surface area contributed by atoms with Gasteiger partial charge in [-0.2, -0.15) is 23.9 Å². The van der Waals surface area contributed by atoms with Gasteiger partial charge in [-0.05, 0) is 68.0 Å². The van der Waals surface area contributed by atoms with Crippen LogP contribution in [0.2, 0.25) is 0 Å². The number of rotatable bonds is 5. The summed E-state index contributed by atoms with van der Waals surface area (Å²) in [5.74, 6) is -0.756. The minimum Gasteiger partial charge on any atom is -0.554 e. The lowest BCUT2D eigenvalue weighted by Crippen LogP contribution is -2.65. The fraction of sp³-hybridized carbons (Fsp3) is 0.484. The molecule has 0 spiro atoms. The first-order valence-corrected chi connectivity index (χ1v) is 14.8. The summed E-state index contributed by atoms with van der Waals surface area (Å²) in [5.41, 5.74) is 7.05. The van der Waals surface area contributed by atoms with Crippen LogP contribution in [0.4, 0.5) is 23.7 Å². The van der Waals surface area contributed by atoms with E-state index in [9.17, 15) is 28.0 Å². The number of piperidine rings is 3. The number of anilines is 1. The fourth-order valence-corrected chi connectivity index (χ4v) is 7.55. The summed E-state index contributed by atoms with van der Waals surface area (Å²) < 4.78 is 47.1. The van der Waals surface area contributed by atoms with E-state index in [1.165, 1.54) is 24.1 Å². The molecule has 3 unspecified atom stereocenters. The number of hydrogen-bond donors (Lipinski definition) is 2. The quantitative estimate of drug-likeness (QED) is 0.293. The molecule has 0 radical (unpaired) electrons. The topological polar surface area (TPSA) is 138 Å². The highest BCUT2D eigenvalue weighted by molar-refractivity contribution is 5.82. The first-order chi connectivity index (χ1) is 21.5. The second kappa shape index (κ2) is 12.6. The number of carbonyl (C=O) groups excluding carboxylic acids is 3. The van der Waals surface area contributed by atoms with E-state index in [-0.39, 0.29) is 5.69 Å². The molecule has 5 fully saturated rings. The summed E-state index contributed by atoms with van der Waals surface area (Å²) in [5, 5.41) is 18.0. The van der Waals surface area contributed by atoms with Crippen molar-refractivity contribution in [3.63, 3.8) is 0 Å². The van der Waals surface area contributed by atoms with Crippen molar-refractivity contribution in [2.45, 2.75) is 57.3 Å². The number of carbonyl (C=O) groups is 3. The van der Waals surface area contributed by atoms with Crippen LogP contribution in [0.1, 0.15) is 54.5 Å². The Hall–Kier alpha value is -4.35. The Morgan fingerprint density at radius 2 is 1.82 bits per heavy atom. The van der Waals surface area contributed by atoms with Gasteiger partial charge in [0.1, 0.15) is 12.5 Å². The van der Waals surface area contributed by atoms with Gasteiger partial charge in [0.2, 0.25) is 0 Å². The molecule has 5 heterocycles. The number of nitriles is 1. The third kappa shape index (κ3) is 6.02. The first kappa shape index (κ1) is 32.1. The van der Waals surface area contributed by atoms with Gasteiger partial charge in [0.25, 0.3) is 0 Å². The molecule has 11 nitrogen and oxygen atoms in total. The largest absolute Gasteiger partial charge is 0.554 e. The number of quaternary nitrogens is 1. The maximum absolute atomic E-state index is 13.7. The second-order valence-electron chi connectivity index (χ2n) is 12.1. The third-order valence-electron chi connectivity index (χ3n) is 9.74. The number of halogens is 3. The van der Waals surface area contributed by atoms with Crippen LogP contribution in [0.25, 0.3) is 0 Å². The van der Waals surface area contributed by atoms with Crippen molar-refractivity contribution in [1.29, 1.82) is 5.26 Å². The van der Waals surface area contributed by atoms with Gasteiger partial charge in [-0.25, -0.2) is 4.79 Å². The smallest absolute Gasteiger partial charge is 0.416 e. The van der Waals surface area contributed by atoms with Crippen LogP contribution in [0.5, 0.6) is 0 Å². The SMILES string of the molecule is COC(=O)C1C(C)N(c2cccc(C(F)(F)F)c2)C2NNC(=O)N2[C@H]1c1ccc(C#N)cc1C[N+]12CCC(CC1)CC2.O=C[O-]. The average Bonchev–Trinajstić information content (AvgIpc) is 3.41. The molecule has 5 aliphatic rings. The monoisotopic (exact) mass is 628 g/mol. The molecule has 5 aliphatic heterocycles. The molecule has 7 rings (SSSR count). The van der Waals surface area contributed by atoms with Crippen molar-refractivity contribution in [3.05, 3.63) is 64.7 Å². The van der Waals surface area contributed by atoms with Gasteiger partial charge < -0.3 is 24.0 Å². The Bertz CT molecular complexity index is 1480. The summed E-state index contributed by atoms with van der Waals surface area (Å²) in [4.78, 5) is 38.3. The summed E-state index contributed by atoms with van der Waals surface area (Å²) in [6.45, 7) is 5.05. The number of nitrogens with zero attached hydrogens (tertiary/aromatic N) is 4. The Morgan fingerprint density at radius 1 is 1.16 bits per heavy atom. The zero-order valence-corrected chi connectivity index (χ0v) is 24.9. The van der Waals surface area contributed by atoms with Crippen molar-refractivity contribution >= 4 is 24.2 Å². The number of urea groups is 1. The number of methoxy groups -OCH3 is 1. The maximum atomic E-state index is 13.7.